The minimum absolute atomic E-state index is 0.199. The van der Waals surface area contributed by atoms with Crippen LogP contribution in [0, 0.1) is 0 Å². The standard InChI is InChI=1S/C21H23N3O3/c1-4-12-22-20(25)15-8-7-9-16(13-15)21(26)27-14(2)19-23-17-10-5-6-11-18(17)24(19)3/h5-11,13-14H,4,12H2,1-3H3,(H,22,25)/t14-/m1/s1. The molecule has 0 aliphatic rings. The lowest BCUT2D eigenvalue weighted by molar-refractivity contribution is 0.0315. The van der Waals surface area contributed by atoms with Crippen LogP contribution < -0.4 is 5.32 Å². The number of hydrogen-bond acceptors (Lipinski definition) is 4. The SMILES string of the molecule is CCCNC(=O)c1cccc(C(=O)O[C@H](C)c2nc3ccccc3n2C)c1. The van der Waals surface area contributed by atoms with Crippen molar-refractivity contribution in [3.63, 3.8) is 0 Å². The molecule has 27 heavy (non-hydrogen) atoms. The molecule has 1 N–H and O–H groups in total. The van der Waals surface area contributed by atoms with Gasteiger partial charge in [0.2, 0.25) is 0 Å². The maximum atomic E-state index is 12.6. The fourth-order valence-electron chi connectivity index (χ4n) is 2.94. The smallest absolute Gasteiger partial charge is 0.338 e. The van der Waals surface area contributed by atoms with Gasteiger partial charge in [-0.25, -0.2) is 9.78 Å². The molecule has 1 amide bonds. The number of esters is 1. The van der Waals surface area contributed by atoms with E-state index >= 15 is 0 Å². The summed E-state index contributed by atoms with van der Waals surface area (Å²) in [5, 5.41) is 2.80. The number of nitrogens with zero attached hydrogens (tertiary/aromatic N) is 2. The molecular formula is C21H23N3O3. The van der Waals surface area contributed by atoms with Crippen molar-refractivity contribution in [1.29, 1.82) is 0 Å². The van der Waals surface area contributed by atoms with Crippen LogP contribution in [0.4, 0.5) is 0 Å². The zero-order chi connectivity index (χ0) is 19.4. The Morgan fingerprint density at radius 2 is 1.89 bits per heavy atom. The average molecular weight is 365 g/mol. The molecule has 2 aromatic carbocycles. The van der Waals surface area contributed by atoms with Crippen molar-refractivity contribution in [2.45, 2.75) is 26.4 Å². The number of carbonyl (C=O) groups is 2. The molecule has 140 valence electrons. The predicted octanol–water partition coefficient (Wildman–Crippen LogP) is 3.63. The second kappa shape index (κ2) is 8.03. The molecule has 3 rings (SSSR count). The van der Waals surface area contributed by atoms with Crippen LogP contribution in [0.1, 0.15) is 52.9 Å². The number of nitrogens with one attached hydrogen (secondary N) is 1. The minimum atomic E-state index is -0.521. The Morgan fingerprint density at radius 1 is 1.15 bits per heavy atom. The van der Waals surface area contributed by atoms with Gasteiger partial charge in [0, 0.05) is 19.2 Å². The Bertz CT molecular complexity index is 978. The first kappa shape index (κ1) is 18.6. The molecule has 1 aromatic heterocycles. The molecule has 6 nitrogen and oxygen atoms in total. The van der Waals surface area contributed by atoms with E-state index in [2.05, 4.69) is 10.3 Å². The zero-order valence-electron chi connectivity index (χ0n) is 15.7. The van der Waals surface area contributed by atoms with E-state index in [1.54, 1.807) is 31.2 Å². The van der Waals surface area contributed by atoms with Gasteiger partial charge in [0.05, 0.1) is 16.6 Å². The van der Waals surface area contributed by atoms with E-state index in [0.717, 1.165) is 17.5 Å². The first-order chi connectivity index (χ1) is 13.0. The Hall–Kier alpha value is -3.15. The first-order valence-corrected chi connectivity index (χ1v) is 9.02. The summed E-state index contributed by atoms with van der Waals surface area (Å²) in [6.07, 6.45) is 0.329. The van der Waals surface area contributed by atoms with Crippen LogP contribution in [0.15, 0.2) is 48.5 Å². The maximum absolute atomic E-state index is 12.6. The number of imidazole rings is 1. The second-order valence-corrected chi connectivity index (χ2v) is 6.40. The van der Waals surface area contributed by atoms with Crippen LogP contribution in [0.3, 0.4) is 0 Å². The number of rotatable bonds is 6. The fourth-order valence-corrected chi connectivity index (χ4v) is 2.94. The van der Waals surface area contributed by atoms with E-state index < -0.39 is 12.1 Å². The van der Waals surface area contributed by atoms with Crippen LogP contribution in [-0.2, 0) is 11.8 Å². The highest BCUT2D eigenvalue weighted by Gasteiger charge is 2.20. The Balaban J connectivity index is 1.76. The number of amides is 1. The van der Waals surface area contributed by atoms with Crippen LogP contribution >= 0.6 is 0 Å². The maximum Gasteiger partial charge on any atom is 0.338 e. The summed E-state index contributed by atoms with van der Waals surface area (Å²) in [5.74, 6) is -0.0176. The monoisotopic (exact) mass is 365 g/mol. The van der Waals surface area contributed by atoms with Gasteiger partial charge in [-0.3, -0.25) is 4.79 Å². The van der Waals surface area contributed by atoms with Crippen LogP contribution in [0.25, 0.3) is 11.0 Å². The van der Waals surface area contributed by atoms with Crippen molar-refractivity contribution in [1.82, 2.24) is 14.9 Å². The number of benzene rings is 2. The lowest BCUT2D eigenvalue weighted by Gasteiger charge is -2.13. The normalized spacial score (nSPS) is 12.0. The Morgan fingerprint density at radius 3 is 2.63 bits per heavy atom. The second-order valence-electron chi connectivity index (χ2n) is 6.40. The van der Waals surface area contributed by atoms with E-state index in [9.17, 15) is 9.59 Å². The van der Waals surface area contributed by atoms with E-state index in [0.29, 0.717) is 23.5 Å². The zero-order valence-corrected chi connectivity index (χ0v) is 15.7. The molecule has 0 saturated heterocycles. The summed E-state index contributed by atoms with van der Waals surface area (Å²) in [4.78, 5) is 29.2. The molecule has 0 aliphatic heterocycles. The summed E-state index contributed by atoms with van der Waals surface area (Å²) in [7, 11) is 1.90. The molecule has 6 heteroatoms. The average Bonchev–Trinajstić information content (AvgIpc) is 3.03. The van der Waals surface area contributed by atoms with Crippen molar-refractivity contribution in [3.8, 4) is 0 Å². The molecule has 0 spiro atoms. The largest absolute Gasteiger partial charge is 0.451 e. The highest BCUT2D eigenvalue weighted by molar-refractivity contribution is 5.97. The molecule has 0 aliphatic carbocycles. The molecule has 3 aromatic rings. The molecule has 0 saturated carbocycles. The number of fused-ring (bicyclic) bond motifs is 1. The Kier molecular flexibility index (Phi) is 5.54. The number of hydrogen-bond donors (Lipinski definition) is 1. The third kappa shape index (κ3) is 4.00. The van der Waals surface area contributed by atoms with Crippen LogP contribution in [0.5, 0.6) is 0 Å². The van der Waals surface area contributed by atoms with Crippen molar-refractivity contribution >= 4 is 22.9 Å². The summed E-state index contributed by atoms with van der Waals surface area (Å²) < 4.78 is 7.51. The van der Waals surface area contributed by atoms with E-state index in [-0.39, 0.29) is 5.91 Å². The molecule has 1 atom stereocenters. The van der Waals surface area contributed by atoms with Gasteiger partial charge in [-0.15, -0.1) is 0 Å². The van der Waals surface area contributed by atoms with Gasteiger partial charge in [0.25, 0.3) is 5.91 Å². The summed E-state index contributed by atoms with van der Waals surface area (Å²) in [5.41, 5.74) is 2.61. The molecule has 0 radical (unpaired) electrons. The van der Waals surface area contributed by atoms with Gasteiger partial charge < -0.3 is 14.6 Å². The number of para-hydroxylation sites is 2. The lowest BCUT2D eigenvalue weighted by atomic mass is 10.1. The Labute approximate surface area is 158 Å². The number of aryl methyl sites for hydroxylation is 1. The number of carbonyl (C=O) groups excluding carboxylic acids is 2. The molecular weight excluding hydrogens is 342 g/mol. The van der Waals surface area contributed by atoms with Crippen molar-refractivity contribution < 1.29 is 14.3 Å². The van der Waals surface area contributed by atoms with Crippen LogP contribution in [-0.4, -0.2) is 28.0 Å². The molecule has 0 fully saturated rings. The van der Waals surface area contributed by atoms with Gasteiger partial charge in [-0.1, -0.05) is 25.1 Å². The number of ether oxygens (including phenoxy) is 1. The van der Waals surface area contributed by atoms with Gasteiger partial charge in [0.15, 0.2) is 11.9 Å². The van der Waals surface area contributed by atoms with Gasteiger partial charge in [-0.05, 0) is 43.7 Å². The highest BCUT2D eigenvalue weighted by atomic mass is 16.5. The third-order valence-electron chi connectivity index (χ3n) is 4.37. The lowest BCUT2D eigenvalue weighted by Crippen LogP contribution is -2.24. The van der Waals surface area contributed by atoms with Gasteiger partial charge in [0.1, 0.15) is 0 Å². The van der Waals surface area contributed by atoms with Crippen molar-refractivity contribution in [2.75, 3.05) is 6.54 Å². The predicted molar refractivity (Wildman–Crippen MR) is 104 cm³/mol. The minimum Gasteiger partial charge on any atom is -0.451 e. The number of aromatic nitrogens is 2. The third-order valence-corrected chi connectivity index (χ3v) is 4.37. The highest BCUT2D eigenvalue weighted by Crippen LogP contribution is 2.22. The summed E-state index contributed by atoms with van der Waals surface area (Å²) >= 11 is 0. The van der Waals surface area contributed by atoms with Gasteiger partial charge >= 0.3 is 5.97 Å². The van der Waals surface area contributed by atoms with Crippen molar-refractivity contribution in [3.05, 3.63) is 65.5 Å². The quantitative estimate of drug-likeness (QED) is 0.677. The van der Waals surface area contributed by atoms with Gasteiger partial charge in [-0.2, -0.15) is 0 Å². The van der Waals surface area contributed by atoms with E-state index in [4.69, 9.17) is 4.74 Å². The fraction of sp³-hybridized carbons (Fsp3) is 0.286. The molecule has 0 bridgehead atoms. The molecule has 0 unspecified atom stereocenters. The van der Waals surface area contributed by atoms with E-state index in [1.807, 2.05) is 42.8 Å². The first-order valence-electron chi connectivity index (χ1n) is 9.02. The van der Waals surface area contributed by atoms with E-state index in [1.165, 1.54) is 0 Å². The van der Waals surface area contributed by atoms with Crippen LogP contribution in [0.2, 0.25) is 0 Å². The molecule has 1 heterocycles. The topological polar surface area (TPSA) is 73.2 Å². The summed E-state index contributed by atoms with van der Waals surface area (Å²) in [6, 6.07) is 14.3. The van der Waals surface area contributed by atoms with Crippen molar-refractivity contribution in [2.24, 2.45) is 7.05 Å². The summed E-state index contributed by atoms with van der Waals surface area (Å²) in [6.45, 7) is 4.37.